The summed E-state index contributed by atoms with van der Waals surface area (Å²) in [6, 6.07) is 13.8. The molecule has 0 aliphatic heterocycles. The van der Waals surface area contributed by atoms with Gasteiger partial charge in [-0.25, -0.2) is 4.98 Å². The molecule has 166 valence electrons. The highest BCUT2D eigenvalue weighted by atomic mass is 32.1. The van der Waals surface area contributed by atoms with Gasteiger partial charge in [0.2, 0.25) is 0 Å². The molecule has 1 atom stereocenters. The zero-order valence-electron chi connectivity index (χ0n) is 18.0. The van der Waals surface area contributed by atoms with E-state index in [0.717, 1.165) is 25.0 Å². The van der Waals surface area contributed by atoms with Crippen LogP contribution in [-0.2, 0) is 17.6 Å². The summed E-state index contributed by atoms with van der Waals surface area (Å²) in [4.78, 5) is 30.5. The van der Waals surface area contributed by atoms with Crippen molar-refractivity contribution in [1.29, 1.82) is 0 Å². The van der Waals surface area contributed by atoms with Gasteiger partial charge >= 0.3 is 0 Å². The molecule has 1 aromatic heterocycles. The summed E-state index contributed by atoms with van der Waals surface area (Å²) >= 11 is 1.56. The van der Waals surface area contributed by atoms with E-state index in [1.54, 1.807) is 67.0 Å². The van der Waals surface area contributed by atoms with Crippen molar-refractivity contribution in [2.45, 2.75) is 26.2 Å². The van der Waals surface area contributed by atoms with Crippen LogP contribution in [0.5, 0.6) is 11.5 Å². The fraction of sp³-hybridized carbons (Fsp3) is 0.292. The third-order valence-corrected chi connectivity index (χ3v) is 6.28. The average Bonchev–Trinajstić information content (AvgIpc) is 3.19. The molecule has 1 aliphatic carbocycles. The molecule has 2 aromatic carbocycles. The zero-order chi connectivity index (χ0) is 22.5. The predicted octanol–water partition coefficient (Wildman–Crippen LogP) is 4.55. The second kappa shape index (κ2) is 9.82. The van der Waals surface area contributed by atoms with Crippen LogP contribution in [0.4, 0.5) is 10.8 Å². The van der Waals surface area contributed by atoms with Crippen molar-refractivity contribution >= 4 is 34.0 Å². The Morgan fingerprint density at radius 1 is 1.12 bits per heavy atom. The highest BCUT2D eigenvalue weighted by Gasteiger charge is 2.20. The lowest BCUT2D eigenvalue weighted by Crippen LogP contribution is -2.20. The van der Waals surface area contributed by atoms with Gasteiger partial charge in [0.15, 0.2) is 11.7 Å². The number of anilines is 2. The first kappa shape index (κ1) is 21.8. The molecule has 1 aliphatic rings. The van der Waals surface area contributed by atoms with Gasteiger partial charge in [0.1, 0.15) is 11.5 Å². The maximum atomic E-state index is 12.6. The topological polar surface area (TPSA) is 89.5 Å². The number of rotatable bonds is 7. The van der Waals surface area contributed by atoms with E-state index < -0.39 is 0 Å². The Bertz CT molecular complexity index is 1110. The van der Waals surface area contributed by atoms with Crippen molar-refractivity contribution in [1.82, 2.24) is 4.98 Å². The summed E-state index contributed by atoms with van der Waals surface area (Å²) in [6.07, 6.45) is 3.14. The van der Waals surface area contributed by atoms with Crippen molar-refractivity contribution in [2.24, 2.45) is 5.92 Å². The highest BCUT2D eigenvalue weighted by Crippen LogP contribution is 2.32. The predicted molar refractivity (Wildman–Crippen MR) is 125 cm³/mol. The Balaban J connectivity index is 1.29. The van der Waals surface area contributed by atoms with Gasteiger partial charge in [-0.05, 0) is 61.6 Å². The first-order valence-corrected chi connectivity index (χ1v) is 11.3. The SMILES string of the molecule is COc1cccc(NC(=O)COc2ccc(C(=O)Nc3nc4c(s3)CC(C)CC4)cc2)c1. The minimum atomic E-state index is -0.290. The van der Waals surface area contributed by atoms with Gasteiger partial charge in [0, 0.05) is 22.2 Å². The average molecular weight is 452 g/mol. The lowest BCUT2D eigenvalue weighted by molar-refractivity contribution is -0.118. The standard InChI is InChI=1S/C24H25N3O4S/c1-15-6-11-20-21(12-15)32-24(26-20)27-23(29)16-7-9-18(10-8-16)31-14-22(28)25-17-4-3-5-19(13-17)30-2/h3-5,7-10,13,15H,6,11-12,14H2,1-2H3,(H,25,28)(H,26,27,29). The van der Waals surface area contributed by atoms with E-state index in [9.17, 15) is 9.59 Å². The minimum Gasteiger partial charge on any atom is -0.497 e. The number of hydrogen-bond donors (Lipinski definition) is 2. The van der Waals surface area contributed by atoms with E-state index in [0.29, 0.717) is 33.8 Å². The monoisotopic (exact) mass is 451 g/mol. The molecule has 0 bridgehead atoms. The third-order valence-electron chi connectivity index (χ3n) is 5.25. The van der Waals surface area contributed by atoms with Gasteiger partial charge in [0.05, 0.1) is 12.8 Å². The molecule has 0 spiro atoms. The number of amides is 2. The number of carbonyl (C=O) groups excluding carboxylic acids is 2. The Morgan fingerprint density at radius 3 is 2.72 bits per heavy atom. The summed E-state index contributed by atoms with van der Waals surface area (Å²) in [5, 5.41) is 6.29. The van der Waals surface area contributed by atoms with Crippen LogP contribution >= 0.6 is 11.3 Å². The molecular formula is C24H25N3O4S. The lowest BCUT2D eigenvalue weighted by atomic mass is 9.93. The Kier molecular flexibility index (Phi) is 6.70. The largest absolute Gasteiger partial charge is 0.497 e. The molecule has 3 aromatic rings. The number of thiazole rings is 1. The molecule has 7 nitrogen and oxygen atoms in total. The van der Waals surface area contributed by atoms with Gasteiger partial charge in [-0.3, -0.25) is 14.9 Å². The fourth-order valence-electron chi connectivity index (χ4n) is 3.51. The van der Waals surface area contributed by atoms with Crippen molar-refractivity contribution in [2.75, 3.05) is 24.4 Å². The summed E-state index contributed by atoms with van der Waals surface area (Å²) in [5.41, 5.74) is 2.24. The van der Waals surface area contributed by atoms with E-state index in [-0.39, 0.29) is 18.4 Å². The molecule has 4 rings (SSSR count). The zero-order valence-corrected chi connectivity index (χ0v) is 18.8. The molecule has 32 heavy (non-hydrogen) atoms. The summed E-state index contributed by atoms with van der Waals surface area (Å²) < 4.78 is 10.7. The van der Waals surface area contributed by atoms with E-state index in [4.69, 9.17) is 9.47 Å². The maximum absolute atomic E-state index is 12.6. The highest BCUT2D eigenvalue weighted by molar-refractivity contribution is 7.15. The van der Waals surface area contributed by atoms with E-state index in [1.165, 1.54) is 4.88 Å². The number of aryl methyl sites for hydroxylation is 1. The maximum Gasteiger partial charge on any atom is 0.262 e. The van der Waals surface area contributed by atoms with Gasteiger partial charge in [-0.15, -0.1) is 11.3 Å². The van der Waals surface area contributed by atoms with Crippen LogP contribution in [-0.4, -0.2) is 30.5 Å². The third kappa shape index (κ3) is 5.45. The normalized spacial score (nSPS) is 14.9. The first-order chi connectivity index (χ1) is 15.5. The molecule has 0 saturated carbocycles. The second-order valence-corrected chi connectivity index (χ2v) is 8.87. The van der Waals surface area contributed by atoms with E-state index in [2.05, 4.69) is 22.5 Å². The Hall–Kier alpha value is -3.39. The smallest absolute Gasteiger partial charge is 0.262 e. The number of aromatic nitrogens is 1. The molecule has 2 amide bonds. The summed E-state index contributed by atoms with van der Waals surface area (Å²) in [5.74, 6) is 1.32. The molecule has 0 saturated heterocycles. The van der Waals surface area contributed by atoms with Crippen LogP contribution in [0.15, 0.2) is 48.5 Å². The molecule has 0 radical (unpaired) electrons. The van der Waals surface area contributed by atoms with Crippen molar-refractivity contribution in [3.05, 3.63) is 64.7 Å². The molecule has 8 heteroatoms. The molecule has 1 heterocycles. The number of fused-ring (bicyclic) bond motifs is 1. The fourth-order valence-corrected chi connectivity index (χ4v) is 4.68. The molecule has 2 N–H and O–H groups in total. The number of hydrogen-bond acceptors (Lipinski definition) is 6. The minimum absolute atomic E-state index is 0.147. The Labute approximate surface area is 190 Å². The number of benzene rings is 2. The van der Waals surface area contributed by atoms with Crippen LogP contribution in [0.2, 0.25) is 0 Å². The van der Waals surface area contributed by atoms with E-state index in [1.807, 2.05) is 0 Å². The van der Waals surface area contributed by atoms with Gasteiger partial charge in [0.25, 0.3) is 11.8 Å². The van der Waals surface area contributed by atoms with Crippen molar-refractivity contribution in [3.8, 4) is 11.5 Å². The number of carbonyl (C=O) groups is 2. The van der Waals surface area contributed by atoms with Gasteiger partial charge in [-0.2, -0.15) is 0 Å². The molecule has 1 unspecified atom stereocenters. The van der Waals surface area contributed by atoms with Gasteiger partial charge < -0.3 is 14.8 Å². The summed E-state index contributed by atoms with van der Waals surface area (Å²) in [7, 11) is 1.57. The summed E-state index contributed by atoms with van der Waals surface area (Å²) in [6.45, 7) is 2.10. The quantitative estimate of drug-likeness (QED) is 0.550. The second-order valence-electron chi connectivity index (χ2n) is 7.78. The molecular weight excluding hydrogens is 426 g/mol. The number of ether oxygens (including phenoxy) is 2. The van der Waals surface area contributed by atoms with Crippen LogP contribution in [0, 0.1) is 5.92 Å². The van der Waals surface area contributed by atoms with Crippen LogP contribution in [0.1, 0.15) is 34.3 Å². The van der Waals surface area contributed by atoms with Crippen LogP contribution in [0.25, 0.3) is 0 Å². The lowest BCUT2D eigenvalue weighted by Gasteiger charge is -2.15. The number of nitrogens with zero attached hydrogens (tertiary/aromatic N) is 1. The van der Waals surface area contributed by atoms with Crippen LogP contribution < -0.4 is 20.1 Å². The number of nitrogens with one attached hydrogen (secondary N) is 2. The number of methoxy groups -OCH3 is 1. The van der Waals surface area contributed by atoms with Crippen molar-refractivity contribution < 1.29 is 19.1 Å². The van der Waals surface area contributed by atoms with E-state index >= 15 is 0 Å². The van der Waals surface area contributed by atoms with Crippen molar-refractivity contribution in [3.63, 3.8) is 0 Å². The molecule has 0 fully saturated rings. The van der Waals surface area contributed by atoms with Gasteiger partial charge in [-0.1, -0.05) is 13.0 Å². The van der Waals surface area contributed by atoms with Crippen LogP contribution in [0.3, 0.4) is 0 Å². The Morgan fingerprint density at radius 2 is 1.94 bits per heavy atom. The first-order valence-electron chi connectivity index (χ1n) is 10.5.